The molecule has 1 N–H and O–H groups in total. The van der Waals surface area contributed by atoms with E-state index >= 15 is 0 Å². The van der Waals surface area contributed by atoms with Gasteiger partial charge in [-0.1, -0.05) is 45.9 Å². The standard InChI is InChI=1S/C19H31NO/c1-14(2)12-20-13-19(10-16(11-19)15(3)4)17-8-6-7-9-18(17)21-5/h6-9,14-16,20H,10-13H2,1-5H3. The van der Waals surface area contributed by atoms with Gasteiger partial charge in [-0.3, -0.25) is 0 Å². The van der Waals surface area contributed by atoms with Crippen LogP contribution in [0.3, 0.4) is 0 Å². The number of benzene rings is 1. The van der Waals surface area contributed by atoms with Crippen molar-refractivity contribution >= 4 is 0 Å². The highest BCUT2D eigenvalue weighted by molar-refractivity contribution is 5.42. The van der Waals surface area contributed by atoms with Gasteiger partial charge in [-0.15, -0.1) is 0 Å². The van der Waals surface area contributed by atoms with Crippen molar-refractivity contribution in [1.82, 2.24) is 5.32 Å². The van der Waals surface area contributed by atoms with Crippen LogP contribution in [0.25, 0.3) is 0 Å². The van der Waals surface area contributed by atoms with Crippen LogP contribution in [0.2, 0.25) is 0 Å². The molecule has 1 aromatic rings. The summed E-state index contributed by atoms with van der Waals surface area (Å²) >= 11 is 0. The van der Waals surface area contributed by atoms with E-state index in [-0.39, 0.29) is 5.41 Å². The monoisotopic (exact) mass is 289 g/mol. The maximum absolute atomic E-state index is 5.62. The summed E-state index contributed by atoms with van der Waals surface area (Å²) in [6.07, 6.45) is 2.55. The topological polar surface area (TPSA) is 21.3 Å². The second-order valence-corrected chi connectivity index (χ2v) is 7.42. The van der Waals surface area contributed by atoms with Gasteiger partial charge < -0.3 is 10.1 Å². The van der Waals surface area contributed by atoms with Crippen LogP contribution in [0.1, 0.15) is 46.1 Å². The lowest BCUT2D eigenvalue weighted by atomic mass is 9.55. The second-order valence-electron chi connectivity index (χ2n) is 7.42. The van der Waals surface area contributed by atoms with E-state index in [2.05, 4.69) is 57.3 Å². The Balaban J connectivity index is 2.17. The first-order valence-electron chi connectivity index (χ1n) is 8.32. The molecule has 2 nitrogen and oxygen atoms in total. The molecule has 1 aliphatic rings. The molecule has 0 aromatic heterocycles. The van der Waals surface area contributed by atoms with E-state index in [1.807, 2.05) is 0 Å². The highest BCUT2D eigenvalue weighted by Crippen LogP contribution is 2.52. The van der Waals surface area contributed by atoms with Gasteiger partial charge >= 0.3 is 0 Å². The highest BCUT2D eigenvalue weighted by atomic mass is 16.5. The number of methoxy groups -OCH3 is 1. The normalized spacial score (nSPS) is 25.2. The predicted octanol–water partition coefficient (Wildman–Crippen LogP) is 4.24. The van der Waals surface area contributed by atoms with E-state index in [1.54, 1.807) is 7.11 Å². The number of nitrogens with one attached hydrogen (secondary N) is 1. The van der Waals surface area contributed by atoms with Crippen molar-refractivity contribution in [2.24, 2.45) is 17.8 Å². The lowest BCUT2D eigenvalue weighted by molar-refractivity contribution is 0.0946. The molecule has 21 heavy (non-hydrogen) atoms. The van der Waals surface area contributed by atoms with Crippen molar-refractivity contribution in [3.63, 3.8) is 0 Å². The molecular weight excluding hydrogens is 258 g/mol. The maximum atomic E-state index is 5.62. The van der Waals surface area contributed by atoms with Crippen molar-refractivity contribution in [3.8, 4) is 5.75 Å². The summed E-state index contributed by atoms with van der Waals surface area (Å²) in [4.78, 5) is 0. The summed E-state index contributed by atoms with van der Waals surface area (Å²) in [6.45, 7) is 11.4. The number of hydrogen-bond acceptors (Lipinski definition) is 2. The molecule has 2 rings (SSSR count). The van der Waals surface area contributed by atoms with Gasteiger partial charge in [0.2, 0.25) is 0 Å². The van der Waals surface area contributed by atoms with Gasteiger partial charge in [-0.25, -0.2) is 0 Å². The fourth-order valence-electron chi connectivity index (χ4n) is 3.56. The maximum Gasteiger partial charge on any atom is 0.122 e. The largest absolute Gasteiger partial charge is 0.496 e. The molecule has 0 aliphatic heterocycles. The van der Waals surface area contributed by atoms with Crippen LogP contribution in [-0.2, 0) is 5.41 Å². The number of hydrogen-bond donors (Lipinski definition) is 1. The van der Waals surface area contributed by atoms with E-state index in [0.717, 1.165) is 30.7 Å². The number of para-hydroxylation sites is 1. The van der Waals surface area contributed by atoms with Crippen LogP contribution in [0.15, 0.2) is 24.3 Å². The first kappa shape index (κ1) is 16.4. The van der Waals surface area contributed by atoms with Crippen LogP contribution in [0, 0.1) is 17.8 Å². The summed E-state index contributed by atoms with van der Waals surface area (Å²) in [6, 6.07) is 8.57. The molecular formula is C19H31NO. The minimum atomic E-state index is 0.260. The van der Waals surface area contributed by atoms with E-state index < -0.39 is 0 Å². The highest BCUT2D eigenvalue weighted by Gasteiger charge is 2.47. The molecule has 0 bridgehead atoms. The van der Waals surface area contributed by atoms with Crippen molar-refractivity contribution in [2.45, 2.75) is 46.0 Å². The van der Waals surface area contributed by atoms with E-state index in [1.165, 1.54) is 18.4 Å². The summed E-state index contributed by atoms with van der Waals surface area (Å²) in [5.41, 5.74) is 1.65. The Morgan fingerprint density at radius 2 is 1.86 bits per heavy atom. The zero-order valence-corrected chi connectivity index (χ0v) is 14.3. The summed E-state index contributed by atoms with van der Waals surface area (Å²) < 4.78 is 5.62. The first-order valence-corrected chi connectivity index (χ1v) is 8.32. The Morgan fingerprint density at radius 1 is 1.19 bits per heavy atom. The first-order chi connectivity index (χ1) is 9.98. The molecule has 0 spiro atoms. The van der Waals surface area contributed by atoms with Gasteiger partial charge in [0.15, 0.2) is 0 Å². The quantitative estimate of drug-likeness (QED) is 0.810. The Hall–Kier alpha value is -1.02. The molecule has 1 fully saturated rings. The Morgan fingerprint density at radius 3 is 2.43 bits per heavy atom. The molecule has 0 heterocycles. The molecule has 0 amide bonds. The van der Waals surface area contributed by atoms with Gasteiger partial charge in [0.25, 0.3) is 0 Å². The van der Waals surface area contributed by atoms with Crippen LogP contribution in [0.5, 0.6) is 5.75 Å². The fourth-order valence-corrected chi connectivity index (χ4v) is 3.56. The predicted molar refractivity (Wildman–Crippen MR) is 89.9 cm³/mol. The van der Waals surface area contributed by atoms with Gasteiger partial charge in [-0.2, -0.15) is 0 Å². The molecule has 2 heteroatoms. The third kappa shape index (κ3) is 3.60. The molecule has 118 valence electrons. The fraction of sp³-hybridized carbons (Fsp3) is 0.684. The summed E-state index contributed by atoms with van der Waals surface area (Å²) in [5, 5.41) is 3.68. The smallest absolute Gasteiger partial charge is 0.122 e. The minimum Gasteiger partial charge on any atom is -0.496 e. The summed E-state index contributed by atoms with van der Waals surface area (Å²) in [5.74, 6) is 3.36. The average Bonchev–Trinajstić information content (AvgIpc) is 2.40. The van der Waals surface area contributed by atoms with E-state index in [9.17, 15) is 0 Å². The van der Waals surface area contributed by atoms with Gasteiger partial charge in [0.1, 0.15) is 5.75 Å². The SMILES string of the molecule is COc1ccccc1C1(CNCC(C)C)CC(C(C)C)C1. The van der Waals surface area contributed by atoms with Gasteiger partial charge in [0.05, 0.1) is 7.11 Å². The number of rotatable bonds is 7. The Kier molecular flexibility index (Phi) is 5.32. The molecule has 1 aliphatic carbocycles. The van der Waals surface area contributed by atoms with E-state index in [4.69, 9.17) is 4.74 Å². The average molecular weight is 289 g/mol. The molecule has 1 saturated carbocycles. The molecule has 0 unspecified atom stereocenters. The van der Waals surface area contributed by atoms with Crippen molar-refractivity contribution in [3.05, 3.63) is 29.8 Å². The van der Waals surface area contributed by atoms with Crippen molar-refractivity contribution in [1.29, 1.82) is 0 Å². The summed E-state index contributed by atoms with van der Waals surface area (Å²) in [7, 11) is 1.78. The number of ether oxygens (including phenoxy) is 1. The second kappa shape index (κ2) is 6.83. The van der Waals surface area contributed by atoms with Gasteiger partial charge in [0, 0.05) is 17.5 Å². The lowest BCUT2D eigenvalue weighted by Gasteiger charge is -2.50. The van der Waals surface area contributed by atoms with E-state index in [0.29, 0.717) is 5.92 Å². The van der Waals surface area contributed by atoms with Crippen molar-refractivity contribution in [2.75, 3.05) is 20.2 Å². The third-order valence-electron chi connectivity index (χ3n) is 4.94. The van der Waals surface area contributed by atoms with Crippen LogP contribution in [0.4, 0.5) is 0 Å². The van der Waals surface area contributed by atoms with Crippen LogP contribution < -0.4 is 10.1 Å². The van der Waals surface area contributed by atoms with Crippen LogP contribution in [-0.4, -0.2) is 20.2 Å². The Labute approximate surface area is 130 Å². The van der Waals surface area contributed by atoms with Crippen molar-refractivity contribution < 1.29 is 4.74 Å². The molecule has 1 aromatic carbocycles. The molecule has 0 saturated heterocycles. The Bertz CT molecular complexity index is 447. The zero-order chi connectivity index (χ0) is 15.5. The zero-order valence-electron chi connectivity index (χ0n) is 14.3. The molecule has 0 atom stereocenters. The lowest BCUT2D eigenvalue weighted by Crippen LogP contribution is -2.50. The third-order valence-corrected chi connectivity index (χ3v) is 4.94. The van der Waals surface area contributed by atoms with Gasteiger partial charge in [-0.05, 0) is 43.2 Å². The molecule has 0 radical (unpaired) electrons. The van der Waals surface area contributed by atoms with Crippen LogP contribution >= 0.6 is 0 Å². The minimum absolute atomic E-state index is 0.260.